The Hall–Kier alpha value is 0.100. The minimum Gasteiger partial charge on any atom is -0.377 e. The van der Waals surface area contributed by atoms with E-state index in [0.29, 0.717) is 0 Å². The number of methoxy groups -OCH3 is 1. The highest BCUT2D eigenvalue weighted by Gasteiger charge is 2.29. The van der Waals surface area contributed by atoms with Gasteiger partial charge in [-0.1, -0.05) is 0 Å². The van der Waals surface area contributed by atoms with Crippen LogP contribution < -0.4 is 5.73 Å². The van der Waals surface area contributed by atoms with Crippen LogP contribution in [0.5, 0.6) is 0 Å². The number of halogens is 1. The third-order valence-corrected chi connectivity index (χ3v) is 4.16. The van der Waals surface area contributed by atoms with E-state index in [1.807, 2.05) is 25.3 Å². The van der Waals surface area contributed by atoms with Gasteiger partial charge in [-0.05, 0) is 41.2 Å². The van der Waals surface area contributed by atoms with Gasteiger partial charge in [-0.15, -0.1) is 11.3 Å². The van der Waals surface area contributed by atoms with E-state index in [-0.39, 0.29) is 11.6 Å². The Morgan fingerprint density at radius 1 is 1.62 bits per heavy atom. The average Bonchev–Trinajstić information content (AvgIpc) is 2.50. The van der Waals surface area contributed by atoms with Crippen molar-refractivity contribution in [2.24, 2.45) is 5.73 Å². The number of rotatable bonds is 3. The number of ether oxygens (including phenoxy) is 1. The van der Waals surface area contributed by atoms with Crippen LogP contribution in [0.2, 0.25) is 0 Å². The van der Waals surface area contributed by atoms with Crippen molar-refractivity contribution in [3.05, 3.63) is 20.8 Å². The quantitative estimate of drug-likeness (QED) is 0.911. The molecule has 0 saturated heterocycles. The summed E-state index contributed by atoms with van der Waals surface area (Å²) in [4.78, 5) is 1.13. The molecule has 1 aromatic rings. The summed E-state index contributed by atoms with van der Waals surface area (Å²) in [6, 6.07) is 1.91. The van der Waals surface area contributed by atoms with Crippen LogP contribution in [0.25, 0.3) is 0 Å². The predicted octanol–water partition coefficient (Wildman–Crippen LogP) is 2.94. The summed E-state index contributed by atoms with van der Waals surface area (Å²) in [7, 11) is 1.68. The average molecular weight is 264 g/mol. The van der Waals surface area contributed by atoms with Gasteiger partial charge in [0.1, 0.15) is 0 Å². The zero-order chi connectivity index (χ0) is 10.1. The minimum absolute atomic E-state index is 0.0909. The van der Waals surface area contributed by atoms with Crippen LogP contribution in [-0.2, 0) is 4.74 Å². The second kappa shape index (κ2) is 4.09. The number of nitrogens with two attached hydrogens (primary N) is 1. The molecule has 1 atom stereocenters. The second-order valence-corrected chi connectivity index (χ2v) is 5.22. The number of hydrogen-bond acceptors (Lipinski definition) is 3. The first kappa shape index (κ1) is 11.2. The molecule has 2 N–H and O–H groups in total. The van der Waals surface area contributed by atoms with Gasteiger partial charge in [0, 0.05) is 16.5 Å². The number of thiophene rings is 1. The number of hydrogen-bond donors (Lipinski definition) is 1. The molecular formula is C9H14BrNOS. The van der Waals surface area contributed by atoms with Crippen LogP contribution in [0, 0.1) is 0 Å². The first-order valence-electron chi connectivity index (χ1n) is 4.02. The summed E-state index contributed by atoms with van der Waals surface area (Å²) in [5.74, 6) is 0. The lowest BCUT2D eigenvalue weighted by Gasteiger charge is -2.29. The zero-order valence-corrected chi connectivity index (χ0v) is 10.4. The molecule has 0 aliphatic carbocycles. The van der Waals surface area contributed by atoms with Gasteiger partial charge in [-0.25, -0.2) is 0 Å². The van der Waals surface area contributed by atoms with Crippen molar-refractivity contribution in [2.45, 2.75) is 25.5 Å². The van der Waals surface area contributed by atoms with Crippen LogP contribution in [-0.4, -0.2) is 12.7 Å². The molecular weight excluding hydrogens is 250 g/mol. The normalized spacial score (nSPS) is 14.5. The summed E-state index contributed by atoms with van der Waals surface area (Å²) < 4.78 is 6.40. The lowest BCUT2D eigenvalue weighted by atomic mass is 9.98. The maximum Gasteiger partial charge on any atom is 0.0822 e. The van der Waals surface area contributed by atoms with E-state index in [9.17, 15) is 0 Å². The third-order valence-electron chi connectivity index (χ3n) is 2.20. The molecule has 0 bridgehead atoms. The van der Waals surface area contributed by atoms with E-state index in [1.165, 1.54) is 0 Å². The maximum absolute atomic E-state index is 6.08. The molecule has 1 rings (SSSR count). The molecule has 0 radical (unpaired) electrons. The first-order chi connectivity index (χ1) is 5.99. The van der Waals surface area contributed by atoms with Gasteiger partial charge in [-0.2, -0.15) is 0 Å². The molecule has 4 heteroatoms. The van der Waals surface area contributed by atoms with Crippen molar-refractivity contribution in [3.63, 3.8) is 0 Å². The molecule has 13 heavy (non-hydrogen) atoms. The smallest absolute Gasteiger partial charge is 0.0822 e. The van der Waals surface area contributed by atoms with E-state index in [4.69, 9.17) is 10.5 Å². The van der Waals surface area contributed by atoms with Gasteiger partial charge >= 0.3 is 0 Å². The van der Waals surface area contributed by atoms with Gasteiger partial charge in [0.15, 0.2) is 0 Å². The van der Waals surface area contributed by atoms with E-state index in [1.54, 1.807) is 18.4 Å². The highest BCUT2D eigenvalue weighted by atomic mass is 79.9. The van der Waals surface area contributed by atoms with Crippen molar-refractivity contribution in [3.8, 4) is 0 Å². The molecule has 0 spiro atoms. The fourth-order valence-electron chi connectivity index (χ4n) is 0.970. The Labute approximate surface area is 91.2 Å². The first-order valence-corrected chi connectivity index (χ1v) is 5.70. The molecule has 0 amide bonds. The predicted molar refractivity (Wildman–Crippen MR) is 60.0 cm³/mol. The van der Waals surface area contributed by atoms with E-state index < -0.39 is 0 Å². The van der Waals surface area contributed by atoms with Gasteiger partial charge < -0.3 is 10.5 Å². The molecule has 1 heterocycles. The summed E-state index contributed by atoms with van der Waals surface area (Å²) in [6.45, 7) is 3.98. The van der Waals surface area contributed by atoms with Crippen molar-refractivity contribution in [2.75, 3.05) is 7.11 Å². The SMILES string of the molecule is COC(C)(C)C(N)c1sccc1Br. The summed E-state index contributed by atoms with van der Waals surface area (Å²) >= 11 is 5.11. The molecule has 0 saturated carbocycles. The summed E-state index contributed by atoms with van der Waals surface area (Å²) in [5, 5.41) is 2.02. The van der Waals surface area contributed by atoms with Crippen molar-refractivity contribution in [1.82, 2.24) is 0 Å². The van der Waals surface area contributed by atoms with Gasteiger partial charge in [-0.3, -0.25) is 0 Å². The topological polar surface area (TPSA) is 35.2 Å². The Morgan fingerprint density at radius 2 is 2.23 bits per heavy atom. The van der Waals surface area contributed by atoms with Crippen LogP contribution >= 0.6 is 27.3 Å². The van der Waals surface area contributed by atoms with Crippen molar-refractivity contribution >= 4 is 27.3 Å². The van der Waals surface area contributed by atoms with Crippen molar-refractivity contribution < 1.29 is 4.74 Å². The van der Waals surface area contributed by atoms with E-state index in [2.05, 4.69) is 15.9 Å². The highest BCUT2D eigenvalue weighted by Crippen LogP contribution is 2.34. The lowest BCUT2D eigenvalue weighted by Crippen LogP contribution is -2.36. The molecule has 0 fully saturated rings. The Kier molecular flexibility index (Phi) is 3.51. The standard InChI is InChI=1S/C9H14BrNOS/c1-9(2,12-3)8(11)7-6(10)4-5-13-7/h4-5,8H,11H2,1-3H3. The molecule has 1 unspecified atom stereocenters. The van der Waals surface area contributed by atoms with Gasteiger partial charge in [0.25, 0.3) is 0 Å². The van der Waals surface area contributed by atoms with Crippen LogP contribution in [0.4, 0.5) is 0 Å². The van der Waals surface area contributed by atoms with Crippen LogP contribution in [0.15, 0.2) is 15.9 Å². The summed E-state index contributed by atoms with van der Waals surface area (Å²) in [6.07, 6.45) is 0. The van der Waals surface area contributed by atoms with Crippen molar-refractivity contribution in [1.29, 1.82) is 0 Å². The maximum atomic E-state index is 6.08. The molecule has 0 aliphatic rings. The second-order valence-electron chi connectivity index (χ2n) is 3.42. The monoisotopic (exact) mass is 263 g/mol. The molecule has 0 aliphatic heterocycles. The summed E-state index contributed by atoms with van der Waals surface area (Å²) in [5.41, 5.74) is 5.76. The zero-order valence-electron chi connectivity index (χ0n) is 8.00. The Morgan fingerprint density at radius 3 is 2.62 bits per heavy atom. The van der Waals surface area contributed by atoms with Crippen LogP contribution in [0.1, 0.15) is 24.8 Å². The largest absolute Gasteiger partial charge is 0.377 e. The Bertz CT molecular complexity index is 285. The third kappa shape index (κ3) is 2.31. The Balaban J connectivity index is 2.91. The fourth-order valence-corrected chi connectivity index (χ4v) is 2.77. The molecule has 74 valence electrons. The molecule has 1 aromatic heterocycles. The van der Waals surface area contributed by atoms with Crippen LogP contribution in [0.3, 0.4) is 0 Å². The van der Waals surface area contributed by atoms with E-state index in [0.717, 1.165) is 9.35 Å². The fraction of sp³-hybridized carbons (Fsp3) is 0.556. The van der Waals surface area contributed by atoms with Gasteiger partial charge in [0.05, 0.1) is 11.6 Å². The van der Waals surface area contributed by atoms with Gasteiger partial charge in [0.2, 0.25) is 0 Å². The highest BCUT2D eigenvalue weighted by molar-refractivity contribution is 9.10. The van der Waals surface area contributed by atoms with E-state index >= 15 is 0 Å². The minimum atomic E-state index is -0.326. The molecule has 0 aromatic carbocycles. The molecule has 2 nitrogen and oxygen atoms in total. The lowest BCUT2D eigenvalue weighted by molar-refractivity contribution is 0.000706.